The minimum Gasteiger partial charge on any atom is -0.494 e. The molecule has 1 amide bonds. The van der Waals surface area contributed by atoms with Gasteiger partial charge in [-0.2, -0.15) is 0 Å². The zero-order chi connectivity index (χ0) is 15.0. The van der Waals surface area contributed by atoms with Crippen molar-refractivity contribution in [2.75, 3.05) is 6.61 Å². The summed E-state index contributed by atoms with van der Waals surface area (Å²) in [4.78, 5) is 12.0. The van der Waals surface area contributed by atoms with Crippen molar-refractivity contribution in [2.24, 2.45) is 5.92 Å². The number of carbonyl (C=O) groups excluding carboxylic acids is 1. The van der Waals surface area contributed by atoms with Crippen LogP contribution in [0.5, 0.6) is 5.75 Å². The van der Waals surface area contributed by atoms with E-state index in [9.17, 15) is 4.79 Å². The lowest BCUT2D eigenvalue weighted by Gasteiger charge is -2.17. The van der Waals surface area contributed by atoms with Gasteiger partial charge in [0, 0.05) is 6.42 Å². The summed E-state index contributed by atoms with van der Waals surface area (Å²) in [7, 11) is 0. The molecule has 0 bridgehead atoms. The maximum Gasteiger partial charge on any atom is 0.220 e. The van der Waals surface area contributed by atoms with Crippen LogP contribution in [-0.2, 0) is 4.79 Å². The molecule has 0 radical (unpaired) electrons. The van der Waals surface area contributed by atoms with Crippen molar-refractivity contribution in [3.8, 4) is 5.75 Å². The number of carbonyl (C=O) groups is 1. The van der Waals surface area contributed by atoms with E-state index in [1.54, 1.807) is 0 Å². The molecule has 0 aromatic heterocycles. The zero-order valence-electron chi connectivity index (χ0n) is 13.1. The first kappa shape index (κ1) is 16.5. The molecule has 1 N–H and O–H groups in total. The first-order valence-electron chi connectivity index (χ1n) is 7.58. The quantitative estimate of drug-likeness (QED) is 0.777. The van der Waals surface area contributed by atoms with E-state index in [4.69, 9.17) is 4.74 Å². The molecule has 0 saturated heterocycles. The van der Waals surface area contributed by atoms with Gasteiger partial charge >= 0.3 is 0 Å². The molecule has 20 heavy (non-hydrogen) atoms. The maximum absolute atomic E-state index is 12.0. The summed E-state index contributed by atoms with van der Waals surface area (Å²) in [6.07, 6.45) is 2.82. The predicted octanol–water partition coefficient (Wildman–Crippen LogP) is 4.09. The summed E-state index contributed by atoms with van der Waals surface area (Å²) in [5.41, 5.74) is 1.08. The fourth-order valence-corrected chi connectivity index (χ4v) is 2.34. The normalized spacial score (nSPS) is 13.6. The van der Waals surface area contributed by atoms with Gasteiger partial charge in [-0.1, -0.05) is 38.8 Å². The summed E-state index contributed by atoms with van der Waals surface area (Å²) in [5, 5.41) is 3.06. The average Bonchev–Trinajstić information content (AvgIpc) is 2.39. The molecule has 1 aromatic carbocycles. The van der Waals surface area contributed by atoms with E-state index >= 15 is 0 Å². The van der Waals surface area contributed by atoms with Crippen LogP contribution in [0.25, 0.3) is 0 Å². The van der Waals surface area contributed by atoms with Crippen molar-refractivity contribution in [2.45, 2.75) is 53.0 Å². The molecule has 112 valence electrons. The number of hydrogen-bond acceptors (Lipinski definition) is 2. The molecule has 0 aliphatic heterocycles. The Balaban J connectivity index is 2.55. The highest BCUT2D eigenvalue weighted by atomic mass is 16.5. The van der Waals surface area contributed by atoms with Gasteiger partial charge in [0.1, 0.15) is 5.75 Å². The van der Waals surface area contributed by atoms with Crippen molar-refractivity contribution in [1.82, 2.24) is 5.32 Å². The summed E-state index contributed by atoms with van der Waals surface area (Å²) in [6.45, 7) is 8.90. The Labute approximate surface area is 122 Å². The van der Waals surface area contributed by atoms with Gasteiger partial charge in [0.05, 0.1) is 12.6 Å². The van der Waals surface area contributed by atoms with E-state index in [0.29, 0.717) is 18.9 Å². The van der Waals surface area contributed by atoms with Crippen LogP contribution in [0.15, 0.2) is 24.3 Å². The fraction of sp³-hybridized carbons (Fsp3) is 0.588. The monoisotopic (exact) mass is 277 g/mol. The van der Waals surface area contributed by atoms with Gasteiger partial charge in [-0.3, -0.25) is 4.79 Å². The molecular weight excluding hydrogens is 250 g/mol. The Hall–Kier alpha value is -1.51. The minimum absolute atomic E-state index is 0.0109. The van der Waals surface area contributed by atoms with Crippen LogP contribution in [0, 0.1) is 5.92 Å². The Morgan fingerprint density at radius 3 is 2.70 bits per heavy atom. The SMILES string of the molecule is CCCC(C)CC(=O)NC(C)c1cccc(OCC)c1. The molecule has 0 aliphatic carbocycles. The first-order valence-corrected chi connectivity index (χ1v) is 7.58. The van der Waals surface area contributed by atoms with Crippen molar-refractivity contribution >= 4 is 5.91 Å². The van der Waals surface area contributed by atoms with E-state index in [1.165, 1.54) is 0 Å². The zero-order valence-corrected chi connectivity index (χ0v) is 13.1. The second-order valence-corrected chi connectivity index (χ2v) is 5.39. The molecule has 0 spiro atoms. The van der Waals surface area contributed by atoms with Crippen LogP contribution in [-0.4, -0.2) is 12.5 Å². The van der Waals surface area contributed by atoms with Gasteiger partial charge < -0.3 is 10.1 Å². The third-order valence-electron chi connectivity index (χ3n) is 3.36. The van der Waals surface area contributed by atoms with Crippen molar-refractivity contribution in [1.29, 1.82) is 0 Å². The highest BCUT2D eigenvalue weighted by Crippen LogP contribution is 2.19. The van der Waals surface area contributed by atoms with Gasteiger partial charge in [-0.05, 0) is 37.5 Å². The molecule has 0 saturated carbocycles. The lowest BCUT2D eigenvalue weighted by atomic mass is 10.0. The van der Waals surface area contributed by atoms with E-state index in [1.807, 2.05) is 38.1 Å². The van der Waals surface area contributed by atoms with Crippen molar-refractivity contribution < 1.29 is 9.53 Å². The third kappa shape index (κ3) is 5.64. The second-order valence-electron chi connectivity index (χ2n) is 5.39. The van der Waals surface area contributed by atoms with Gasteiger partial charge in [0.15, 0.2) is 0 Å². The van der Waals surface area contributed by atoms with E-state index < -0.39 is 0 Å². The molecule has 0 heterocycles. The first-order chi connectivity index (χ1) is 9.56. The van der Waals surface area contributed by atoms with E-state index in [0.717, 1.165) is 24.2 Å². The van der Waals surface area contributed by atoms with Gasteiger partial charge in [0.2, 0.25) is 5.91 Å². The molecule has 0 aliphatic rings. The maximum atomic E-state index is 12.0. The molecule has 2 unspecified atom stereocenters. The van der Waals surface area contributed by atoms with Crippen LogP contribution >= 0.6 is 0 Å². The van der Waals surface area contributed by atoms with Crippen LogP contribution in [0.2, 0.25) is 0 Å². The Kier molecular flexibility index (Phi) is 7.13. The van der Waals surface area contributed by atoms with Crippen LogP contribution < -0.4 is 10.1 Å². The number of ether oxygens (including phenoxy) is 1. The molecule has 1 aromatic rings. The van der Waals surface area contributed by atoms with Gasteiger partial charge in [-0.25, -0.2) is 0 Å². The topological polar surface area (TPSA) is 38.3 Å². The van der Waals surface area contributed by atoms with Crippen molar-refractivity contribution in [3.63, 3.8) is 0 Å². The highest BCUT2D eigenvalue weighted by molar-refractivity contribution is 5.76. The number of benzene rings is 1. The largest absolute Gasteiger partial charge is 0.494 e. The number of hydrogen-bond donors (Lipinski definition) is 1. The highest BCUT2D eigenvalue weighted by Gasteiger charge is 2.13. The molecule has 3 nitrogen and oxygen atoms in total. The van der Waals surface area contributed by atoms with Gasteiger partial charge in [0.25, 0.3) is 0 Å². The van der Waals surface area contributed by atoms with E-state index in [-0.39, 0.29) is 11.9 Å². The minimum atomic E-state index is 0.0109. The Morgan fingerprint density at radius 1 is 1.30 bits per heavy atom. The summed E-state index contributed by atoms with van der Waals surface area (Å²) in [6, 6.07) is 7.91. The van der Waals surface area contributed by atoms with Crippen LogP contribution in [0.1, 0.15) is 58.6 Å². The molecule has 1 rings (SSSR count). The smallest absolute Gasteiger partial charge is 0.220 e. The average molecular weight is 277 g/mol. The molecule has 3 heteroatoms. The molecule has 0 fully saturated rings. The number of nitrogens with one attached hydrogen (secondary N) is 1. The second kappa shape index (κ2) is 8.62. The Morgan fingerprint density at radius 2 is 2.05 bits per heavy atom. The van der Waals surface area contributed by atoms with Crippen molar-refractivity contribution in [3.05, 3.63) is 29.8 Å². The summed E-state index contributed by atoms with van der Waals surface area (Å²) in [5.74, 6) is 1.42. The third-order valence-corrected chi connectivity index (χ3v) is 3.36. The van der Waals surface area contributed by atoms with Gasteiger partial charge in [-0.15, -0.1) is 0 Å². The summed E-state index contributed by atoms with van der Waals surface area (Å²) < 4.78 is 5.49. The predicted molar refractivity (Wildman–Crippen MR) is 82.9 cm³/mol. The Bertz CT molecular complexity index is 417. The lowest BCUT2D eigenvalue weighted by molar-refractivity contribution is -0.122. The number of amides is 1. The fourth-order valence-electron chi connectivity index (χ4n) is 2.34. The van der Waals surface area contributed by atoms with Crippen LogP contribution in [0.4, 0.5) is 0 Å². The number of rotatable bonds is 8. The van der Waals surface area contributed by atoms with E-state index in [2.05, 4.69) is 19.2 Å². The summed E-state index contributed by atoms with van der Waals surface area (Å²) >= 11 is 0. The molecule has 2 atom stereocenters. The standard InChI is InChI=1S/C17H27NO2/c1-5-8-13(3)11-17(19)18-14(4)15-9-7-10-16(12-15)20-6-2/h7,9-10,12-14H,5-6,8,11H2,1-4H3,(H,18,19). The lowest BCUT2D eigenvalue weighted by Crippen LogP contribution is -2.27. The molecular formula is C17H27NO2. The van der Waals surface area contributed by atoms with Crippen LogP contribution in [0.3, 0.4) is 0 Å².